The molecule has 1 unspecified atom stereocenters. The van der Waals surface area contributed by atoms with Crippen LogP contribution in [-0.4, -0.2) is 54.0 Å². The van der Waals surface area contributed by atoms with Gasteiger partial charge in [-0.1, -0.05) is 0 Å². The Bertz CT molecular complexity index is 216. The van der Waals surface area contributed by atoms with Crippen molar-refractivity contribution in [1.29, 1.82) is 0 Å². The van der Waals surface area contributed by atoms with Crippen molar-refractivity contribution in [3.63, 3.8) is 0 Å². The van der Waals surface area contributed by atoms with Crippen LogP contribution in [-0.2, 0) is 4.79 Å². The molecule has 0 radical (unpaired) electrons. The second-order valence-corrected chi connectivity index (χ2v) is 4.75. The number of hydrogen-bond acceptors (Lipinski definition) is 3. The first kappa shape index (κ1) is 12.5. The van der Waals surface area contributed by atoms with Gasteiger partial charge in [0.05, 0.1) is 6.54 Å². The smallest absolute Gasteiger partial charge is 0.236 e. The summed E-state index contributed by atoms with van der Waals surface area (Å²) >= 11 is 0. The van der Waals surface area contributed by atoms with Crippen molar-refractivity contribution in [3.8, 4) is 0 Å². The predicted octanol–water partition coefficient (Wildman–Crippen LogP) is 0.276. The van der Waals surface area contributed by atoms with E-state index in [4.69, 9.17) is 5.73 Å². The molecule has 1 aliphatic rings. The van der Waals surface area contributed by atoms with E-state index >= 15 is 0 Å². The molecule has 0 aliphatic carbocycles. The molecule has 1 rings (SSSR count). The van der Waals surface area contributed by atoms with Gasteiger partial charge in [-0.25, -0.2) is 0 Å². The Morgan fingerprint density at radius 1 is 1.33 bits per heavy atom. The van der Waals surface area contributed by atoms with E-state index in [0.29, 0.717) is 12.6 Å². The highest BCUT2D eigenvalue weighted by molar-refractivity contribution is 5.78. The van der Waals surface area contributed by atoms with Gasteiger partial charge in [-0.15, -0.1) is 0 Å². The van der Waals surface area contributed by atoms with Gasteiger partial charge >= 0.3 is 0 Å². The summed E-state index contributed by atoms with van der Waals surface area (Å²) in [5.74, 6) is 0.239. The first-order chi connectivity index (χ1) is 7.00. The van der Waals surface area contributed by atoms with Gasteiger partial charge in [0.2, 0.25) is 5.91 Å². The maximum atomic E-state index is 11.9. The van der Waals surface area contributed by atoms with Crippen molar-refractivity contribution in [2.45, 2.75) is 39.3 Å². The molecule has 2 N–H and O–H groups in total. The number of carbonyl (C=O) groups is 1. The number of amides is 1. The Morgan fingerprint density at radius 3 is 2.53 bits per heavy atom. The van der Waals surface area contributed by atoms with Crippen molar-refractivity contribution in [1.82, 2.24) is 9.80 Å². The van der Waals surface area contributed by atoms with Crippen LogP contribution >= 0.6 is 0 Å². The maximum Gasteiger partial charge on any atom is 0.236 e. The molecule has 1 heterocycles. The Morgan fingerprint density at radius 2 is 2.00 bits per heavy atom. The Hall–Kier alpha value is -0.610. The molecule has 0 aromatic rings. The highest BCUT2D eigenvalue weighted by atomic mass is 16.2. The van der Waals surface area contributed by atoms with Crippen molar-refractivity contribution in [2.75, 3.05) is 26.2 Å². The molecule has 88 valence electrons. The van der Waals surface area contributed by atoms with Crippen LogP contribution in [0.25, 0.3) is 0 Å². The number of rotatable bonds is 3. The molecule has 15 heavy (non-hydrogen) atoms. The highest BCUT2D eigenvalue weighted by Crippen LogP contribution is 2.08. The molecule has 0 saturated carbocycles. The van der Waals surface area contributed by atoms with Gasteiger partial charge in [0.1, 0.15) is 0 Å². The topological polar surface area (TPSA) is 49.6 Å². The minimum atomic E-state index is 0.142. The van der Waals surface area contributed by atoms with E-state index < -0.39 is 0 Å². The van der Waals surface area contributed by atoms with Gasteiger partial charge in [0, 0.05) is 31.7 Å². The summed E-state index contributed by atoms with van der Waals surface area (Å²) in [6, 6.07) is 0.455. The summed E-state index contributed by atoms with van der Waals surface area (Å²) in [7, 11) is 0. The fraction of sp³-hybridized carbons (Fsp3) is 0.909. The average Bonchev–Trinajstić information content (AvgIpc) is 2.25. The Balaban J connectivity index is 2.53. The second kappa shape index (κ2) is 5.47. The third-order valence-electron chi connectivity index (χ3n) is 2.72. The Labute approximate surface area is 92.4 Å². The minimum absolute atomic E-state index is 0.142. The standard InChI is InChI=1S/C11H23N3O/c1-9(2)14-6-4-5-13(7-10(3)12)8-11(14)15/h9-10H,4-8,12H2,1-3H3. The summed E-state index contributed by atoms with van der Waals surface area (Å²) in [5, 5.41) is 0. The number of nitrogens with zero attached hydrogens (tertiary/aromatic N) is 2. The maximum absolute atomic E-state index is 11.9. The molecule has 1 amide bonds. The van der Waals surface area contributed by atoms with E-state index in [0.717, 1.165) is 26.1 Å². The largest absolute Gasteiger partial charge is 0.339 e. The van der Waals surface area contributed by atoms with Crippen LogP contribution in [0.4, 0.5) is 0 Å². The van der Waals surface area contributed by atoms with Gasteiger partial charge in [0.15, 0.2) is 0 Å². The molecule has 0 spiro atoms. The first-order valence-electron chi connectivity index (χ1n) is 5.78. The summed E-state index contributed by atoms with van der Waals surface area (Å²) in [6.45, 7) is 9.33. The number of nitrogens with two attached hydrogens (primary N) is 1. The predicted molar refractivity (Wildman–Crippen MR) is 61.6 cm³/mol. The molecule has 0 bridgehead atoms. The molecule has 1 fully saturated rings. The lowest BCUT2D eigenvalue weighted by molar-refractivity contribution is -0.132. The SMILES string of the molecule is CC(N)CN1CCCN(C(C)C)C(=O)C1. The van der Waals surface area contributed by atoms with E-state index in [1.165, 1.54) is 0 Å². The molecule has 0 aromatic carbocycles. The molecule has 4 heteroatoms. The molecule has 1 aliphatic heterocycles. The van der Waals surface area contributed by atoms with Gasteiger partial charge in [-0.05, 0) is 27.2 Å². The van der Waals surface area contributed by atoms with Crippen LogP contribution in [0, 0.1) is 0 Å². The molecule has 0 aromatic heterocycles. The molecule has 1 atom stereocenters. The highest BCUT2D eigenvalue weighted by Gasteiger charge is 2.23. The molecule has 1 saturated heterocycles. The van der Waals surface area contributed by atoms with Crippen LogP contribution in [0.1, 0.15) is 27.2 Å². The van der Waals surface area contributed by atoms with Gasteiger partial charge in [0.25, 0.3) is 0 Å². The Kier molecular flexibility index (Phi) is 4.54. The van der Waals surface area contributed by atoms with E-state index in [2.05, 4.69) is 18.7 Å². The third kappa shape index (κ3) is 3.80. The minimum Gasteiger partial charge on any atom is -0.339 e. The zero-order valence-electron chi connectivity index (χ0n) is 10.1. The average molecular weight is 213 g/mol. The third-order valence-corrected chi connectivity index (χ3v) is 2.72. The van der Waals surface area contributed by atoms with Crippen LogP contribution in [0.2, 0.25) is 0 Å². The van der Waals surface area contributed by atoms with Gasteiger partial charge in [-0.3, -0.25) is 9.69 Å². The monoisotopic (exact) mass is 213 g/mol. The number of carbonyl (C=O) groups excluding carboxylic acids is 1. The van der Waals surface area contributed by atoms with Crippen LogP contribution in [0.5, 0.6) is 0 Å². The second-order valence-electron chi connectivity index (χ2n) is 4.75. The van der Waals surface area contributed by atoms with E-state index in [9.17, 15) is 4.79 Å². The normalized spacial score (nSPS) is 21.9. The summed E-state index contributed by atoms with van der Waals surface area (Å²) < 4.78 is 0. The lowest BCUT2D eigenvalue weighted by Crippen LogP contribution is -2.43. The quantitative estimate of drug-likeness (QED) is 0.732. The van der Waals surface area contributed by atoms with Gasteiger partial charge in [-0.2, -0.15) is 0 Å². The molecular weight excluding hydrogens is 190 g/mol. The summed E-state index contributed by atoms with van der Waals surface area (Å²) in [6.07, 6.45) is 1.05. The molecular formula is C11H23N3O. The first-order valence-corrected chi connectivity index (χ1v) is 5.78. The van der Waals surface area contributed by atoms with E-state index in [1.54, 1.807) is 0 Å². The fourth-order valence-electron chi connectivity index (χ4n) is 2.06. The summed E-state index contributed by atoms with van der Waals surface area (Å²) in [5.41, 5.74) is 5.75. The van der Waals surface area contributed by atoms with E-state index in [-0.39, 0.29) is 11.9 Å². The fourth-order valence-corrected chi connectivity index (χ4v) is 2.06. The van der Waals surface area contributed by atoms with Crippen molar-refractivity contribution in [3.05, 3.63) is 0 Å². The van der Waals surface area contributed by atoms with Crippen LogP contribution < -0.4 is 5.73 Å². The van der Waals surface area contributed by atoms with E-state index in [1.807, 2.05) is 11.8 Å². The summed E-state index contributed by atoms with van der Waals surface area (Å²) in [4.78, 5) is 16.0. The van der Waals surface area contributed by atoms with Crippen LogP contribution in [0.15, 0.2) is 0 Å². The van der Waals surface area contributed by atoms with Gasteiger partial charge < -0.3 is 10.6 Å². The van der Waals surface area contributed by atoms with Crippen molar-refractivity contribution < 1.29 is 4.79 Å². The number of hydrogen-bond donors (Lipinski definition) is 1. The lowest BCUT2D eigenvalue weighted by Gasteiger charge is -2.25. The van der Waals surface area contributed by atoms with Crippen molar-refractivity contribution in [2.24, 2.45) is 5.73 Å². The zero-order chi connectivity index (χ0) is 11.4. The zero-order valence-corrected chi connectivity index (χ0v) is 10.1. The van der Waals surface area contributed by atoms with Crippen molar-refractivity contribution >= 4 is 5.91 Å². The molecule has 4 nitrogen and oxygen atoms in total. The van der Waals surface area contributed by atoms with Crippen LogP contribution in [0.3, 0.4) is 0 Å². The lowest BCUT2D eigenvalue weighted by atomic mass is 10.3.